The summed E-state index contributed by atoms with van der Waals surface area (Å²) in [5.74, 6) is 1.05. The highest BCUT2D eigenvalue weighted by atomic mass is 15.2. The van der Waals surface area contributed by atoms with Gasteiger partial charge in [0.1, 0.15) is 5.82 Å². The van der Waals surface area contributed by atoms with Crippen LogP contribution in [0.4, 0.5) is 5.82 Å². The average Bonchev–Trinajstić information content (AvgIpc) is 2.21. The van der Waals surface area contributed by atoms with Gasteiger partial charge < -0.3 is 4.90 Å². The minimum absolute atomic E-state index is 1.05. The summed E-state index contributed by atoms with van der Waals surface area (Å²) in [6.45, 7) is 1.09. The molecule has 0 amide bonds. The van der Waals surface area contributed by atoms with Crippen molar-refractivity contribution in [1.29, 1.82) is 0 Å². The predicted molar refractivity (Wildman–Crippen MR) is 50.0 cm³/mol. The third-order valence-electron chi connectivity index (χ3n) is 2.00. The van der Waals surface area contributed by atoms with Gasteiger partial charge in [0.05, 0.1) is 0 Å². The molecule has 0 saturated heterocycles. The Bertz CT molecular complexity index is 266. The standard InChI is InChI=1S/C10H12N2/c1-4-8-12(9-5-1)10-6-2-3-7-11-10/h2-4,6-8H,1,5,9H2. The van der Waals surface area contributed by atoms with E-state index in [1.54, 1.807) is 0 Å². The van der Waals surface area contributed by atoms with Crippen molar-refractivity contribution in [2.24, 2.45) is 0 Å². The molecule has 0 unspecified atom stereocenters. The van der Waals surface area contributed by atoms with Crippen molar-refractivity contribution in [2.75, 3.05) is 11.4 Å². The van der Waals surface area contributed by atoms with Gasteiger partial charge in [-0.3, -0.25) is 0 Å². The molecule has 0 N–H and O–H groups in total. The van der Waals surface area contributed by atoms with Gasteiger partial charge in [0.25, 0.3) is 0 Å². The zero-order chi connectivity index (χ0) is 8.23. The molecule has 1 aromatic rings. The minimum Gasteiger partial charge on any atom is -0.333 e. The van der Waals surface area contributed by atoms with E-state index in [9.17, 15) is 0 Å². The van der Waals surface area contributed by atoms with Gasteiger partial charge in [-0.05, 0) is 25.0 Å². The van der Waals surface area contributed by atoms with Crippen LogP contribution in [0.5, 0.6) is 0 Å². The lowest BCUT2D eigenvalue weighted by atomic mass is 10.2. The fourth-order valence-corrected chi connectivity index (χ4v) is 1.37. The Balaban J connectivity index is 2.19. The number of hydrogen-bond donors (Lipinski definition) is 0. The Morgan fingerprint density at radius 3 is 3.00 bits per heavy atom. The van der Waals surface area contributed by atoms with E-state index in [2.05, 4.69) is 22.2 Å². The van der Waals surface area contributed by atoms with Gasteiger partial charge in [0, 0.05) is 18.9 Å². The number of aromatic nitrogens is 1. The van der Waals surface area contributed by atoms with Gasteiger partial charge >= 0.3 is 0 Å². The van der Waals surface area contributed by atoms with Crippen molar-refractivity contribution in [3.05, 3.63) is 36.7 Å². The Hall–Kier alpha value is -1.31. The van der Waals surface area contributed by atoms with E-state index in [1.165, 1.54) is 12.8 Å². The molecule has 0 spiro atoms. The van der Waals surface area contributed by atoms with Crippen LogP contribution >= 0.6 is 0 Å². The van der Waals surface area contributed by atoms with Crippen LogP contribution in [0.3, 0.4) is 0 Å². The van der Waals surface area contributed by atoms with E-state index < -0.39 is 0 Å². The molecule has 0 aliphatic carbocycles. The molecular weight excluding hydrogens is 148 g/mol. The summed E-state index contributed by atoms with van der Waals surface area (Å²) < 4.78 is 0. The summed E-state index contributed by atoms with van der Waals surface area (Å²) in [5.41, 5.74) is 0. The van der Waals surface area contributed by atoms with E-state index in [4.69, 9.17) is 0 Å². The van der Waals surface area contributed by atoms with E-state index in [0.29, 0.717) is 0 Å². The molecule has 0 bridgehead atoms. The third kappa shape index (κ3) is 1.47. The third-order valence-corrected chi connectivity index (χ3v) is 2.00. The molecule has 2 rings (SSSR count). The largest absolute Gasteiger partial charge is 0.333 e. The highest BCUT2D eigenvalue weighted by Crippen LogP contribution is 2.14. The molecule has 0 fully saturated rings. The normalized spacial score (nSPS) is 16.5. The molecule has 0 saturated carbocycles. The fourth-order valence-electron chi connectivity index (χ4n) is 1.37. The van der Waals surface area contributed by atoms with Crippen LogP contribution in [0.15, 0.2) is 36.7 Å². The zero-order valence-corrected chi connectivity index (χ0v) is 6.98. The van der Waals surface area contributed by atoms with Gasteiger partial charge in [-0.1, -0.05) is 12.1 Å². The molecule has 0 atom stereocenters. The SMILES string of the molecule is C1=CN(c2ccccn2)CCC1. The monoisotopic (exact) mass is 160 g/mol. The Morgan fingerprint density at radius 2 is 2.33 bits per heavy atom. The number of rotatable bonds is 1. The topological polar surface area (TPSA) is 16.1 Å². The van der Waals surface area contributed by atoms with Crippen LogP contribution in [0.2, 0.25) is 0 Å². The van der Waals surface area contributed by atoms with Crippen LogP contribution in [0.25, 0.3) is 0 Å². The zero-order valence-electron chi connectivity index (χ0n) is 6.98. The van der Waals surface area contributed by atoms with Crippen molar-refractivity contribution >= 4 is 5.82 Å². The average molecular weight is 160 g/mol. The van der Waals surface area contributed by atoms with Crippen molar-refractivity contribution in [2.45, 2.75) is 12.8 Å². The van der Waals surface area contributed by atoms with E-state index in [0.717, 1.165) is 12.4 Å². The van der Waals surface area contributed by atoms with Gasteiger partial charge in [0.2, 0.25) is 0 Å². The molecule has 1 aliphatic rings. The lowest BCUT2D eigenvalue weighted by molar-refractivity contribution is 0.778. The van der Waals surface area contributed by atoms with Crippen molar-refractivity contribution in [3.8, 4) is 0 Å². The molecule has 1 aromatic heterocycles. The molecule has 2 heterocycles. The summed E-state index contributed by atoms with van der Waals surface area (Å²) >= 11 is 0. The molecule has 0 aromatic carbocycles. The lowest BCUT2D eigenvalue weighted by Gasteiger charge is -2.21. The molecule has 2 nitrogen and oxygen atoms in total. The number of anilines is 1. The molecule has 62 valence electrons. The van der Waals surface area contributed by atoms with Crippen LogP contribution in [-0.2, 0) is 0 Å². The van der Waals surface area contributed by atoms with E-state index >= 15 is 0 Å². The van der Waals surface area contributed by atoms with Crippen LogP contribution in [0, 0.1) is 0 Å². The summed E-state index contributed by atoms with van der Waals surface area (Å²) in [7, 11) is 0. The summed E-state index contributed by atoms with van der Waals surface area (Å²) in [6, 6.07) is 6.00. The maximum absolute atomic E-state index is 4.28. The fraction of sp³-hybridized carbons (Fsp3) is 0.300. The maximum atomic E-state index is 4.28. The first-order valence-corrected chi connectivity index (χ1v) is 4.31. The molecule has 0 radical (unpaired) electrons. The highest BCUT2D eigenvalue weighted by molar-refractivity contribution is 5.41. The van der Waals surface area contributed by atoms with Crippen molar-refractivity contribution in [3.63, 3.8) is 0 Å². The first-order valence-electron chi connectivity index (χ1n) is 4.31. The Labute approximate surface area is 72.5 Å². The summed E-state index contributed by atoms with van der Waals surface area (Å²) in [6.07, 6.45) is 8.57. The number of pyridine rings is 1. The van der Waals surface area contributed by atoms with Crippen molar-refractivity contribution in [1.82, 2.24) is 4.98 Å². The Morgan fingerprint density at radius 1 is 1.33 bits per heavy atom. The quantitative estimate of drug-likeness (QED) is 0.626. The summed E-state index contributed by atoms with van der Waals surface area (Å²) in [5, 5.41) is 0. The van der Waals surface area contributed by atoms with Crippen molar-refractivity contribution < 1.29 is 0 Å². The Kier molecular flexibility index (Phi) is 2.08. The first kappa shape index (κ1) is 7.35. The van der Waals surface area contributed by atoms with Gasteiger partial charge in [0.15, 0.2) is 0 Å². The lowest BCUT2D eigenvalue weighted by Crippen LogP contribution is -2.20. The van der Waals surface area contributed by atoms with Crippen LogP contribution < -0.4 is 4.90 Å². The second-order valence-electron chi connectivity index (χ2n) is 2.91. The molecule has 1 aliphatic heterocycles. The maximum Gasteiger partial charge on any atom is 0.132 e. The first-order chi connectivity index (χ1) is 5.97. The van der Waals surface area contributed by atoms with E-state index in [1.807, 2.05) is 24.4 Å². The highest BCUT2D eigenvalue weighted by Gasteiger charge is 2.05. The minimum atomic E-state index is 1.05. The molecule has 2 heteroatoms. The number of allylic oxidation sites excluding steroid dienone is 1. The number of nitrogens with zero attached hydrogens (tertiary/aromatic N) is 2. The smallest absolute Gasteiger partial charge is 0.132 e. The predicted octanol–water partition coefficient (Wildman–Crippen LogP) is 2.20. The van der Waals surface area contributed by atoms with E-state index in [-0.39, 0.29) is 0 Å². The van der Waals surface area contributed by atoms with Gasteiger partial charge in [-0.15, -0.1) is 0 Å². The molecular formula is C10H12N2. The van der Waals surface area contributed by atoms with Gasteiger partial charge in [-0.2, -0.15) is 0 Å². The van der Waals surface area contributed by atoms with Crippen LogP contribution in [-0.4, -0.2) is 11.5 Å². The van der Waals surface area contributed by atoms with Crippen LogP contribution in [0.1, 0.15) is 12.8 Å². The second kappa shape index (κ2) is 3.39. The second-order valence-corrected chi connectivity index (χ2v) is 2.91. The number of hydrogen-bond acceptors (Lipinski definition) is 2. The summed E-state index contributed by atoms with van der Waals surface area (Å²) in [4.78, 5) is 6.46. The molecule has 12 heavy (non-hydrogen) atoms. The van der Waals surface area contributed by atoms with Gasteiger partial charge in [-0.25, -0.2) is 4.98 Å².